The number of nitrogens with one attached hydrogen (secondary N) is 1. The molecule has 0 heterocycles. The lowest BCUT2D eigenvalue weighted by Crippen LogP contribution is -2.31. The van der Waals surface area contributed by atoms with Gasteiger partial charge in [-0.15, -0.1) is 0 Å². The molecule has 0 saturated carbocycles. The van der Waals surface area contributed by atoms with Crippen molar-refractivity contribution in [2.75, 3.05) is 26.9 Å². The fourth-order valence-electron chi connectivity index (χ4n) is 1.22. The third kappa shape index (κ3) is 4.38. The van der Waals surface area contributed by atoms with Crippen molar-refractivity contribution in [3.63, 3.8) is 0 Å². The molecule has 0 unspecified atom stereocenters. The van der Waals surface area contributed by atoms with E-state index < -0.39 is 4.92 Å². The normalized spacial score (nSPS) is 9.83. The maximum absolute atomic E-state index is 11.3. The van der Waals surface area contributed by atoms with Crippen LogP contribution in [0.25, 0.3) is 0 Å². The monoisotopic (exact) mass is 254 g/mol. The lowest BCUT2D eigenvalue weighted by Gasteiger charge is -2.07. The third-order valence-electron chi connectivity index (χ3n) is 2.05. The van der Waals surface area contributed by atoms with Crippen molar-refractivity contribution in [1.29, 1.82) is 0 Å². The molecule has 0 fully saturated rings. The number of ether oxygens (including phenoxy) is 2. The molecular weight excluding hydrogens is 240 g/mol. The largest absolute Gasteiger partial charge is 0.477 e. The van der Waals surface area contributed by atoms with Gasteiger partial charge in [-0.2, -0.15) is 0 Å². The van der Waals surface area contributed by atoms with Crippen LogP contribution in [0.4, 0.5) is 5.69 Å². The summed E-state index contributed by atoms with van der Waals surface area (Å²) in [7, 11) is 1.52. The molecular formula is C11H14N2O5. The Bertz CT molecular complexity index is 422. The van der Waals surface area contributed by atoms with Crippen molar-refractivity contribution in [2.24, 2.45) is 0 Å². The molecule has 1 aromatic carbocycles. The van der Waals surface area contributed by atoms with E-state index in [2.05, 4.69) is 5.32 Å². The van der Waals surface area contributed by atoms with Gasteiger partial charge in [0.15, 0.2) is 12.4 Å². The Kier molecular flexibility index (Phi) is 5.59. The predicted molar refractivity (Wildman–Crippen MR) is 63.5 cm³/mol. The number of carbonyl (C=O) groups is 1. The van der Waals surface area contributed by atoms with Gasteiger partial charge in [0, 0.05) is 19.7 Å². The number of amides is 1. The van der Waals surface area contributed by atoms with Crippen molar-refractivity contribution in [2.45, 2.75) is 0 Å². The van der Waals surface area contributed by atoms with E-state index in [1.165, 1.54) is 25.3 Å². The van der Waals surface area contributed by atoms with Crippen LogP contribution in [-0.4, -0.2) is 37.7 Å². The zero-order valence-electron chi connectivity index (χ0n) is 9.92. The number of rotatable bonds is 7. The van der Waals surface area contributed by atoms with Gasteiger partial charge < -0.3 is 14.8 Å². The van der Waals surface area contributed by atoms with E-state index in [0.29, 0.717) is 13.2 Å². The lowest BCUT2D eigenvalue weighted by molar-refractivity contribution is -0.385. The topological polar surface area (TPSA) is 90.7 Å². The Morgan fingerprint density at radius 2 is 2.17 bits per heavy atom. The number of nitro benzene ring substituents is 1. The van der Waals surface area contributed by atoms with Crippen LogP contribution in [0.1, 0.15) is 0 Å². The second-order valence-corrected chi connectivity index (χ2v) is 3.36. The van der Waals surface area contributed by atoms with Gasteiger partial charge in [-0.3, -0.25) is 14.9 Å². The quantitative estimate of drug-likeness (QED) is 0.440. The smallest absolute Gasteiger partial charge is 0.310 e. The molecule has 1 rings (SSSR count). The van der Waals surface area contributed by atoms with Gasteiger partial charge in [-0.25, -0.2) is 0 Å². The van der Waals surface area contributed by atoms with Crippen molar-refractivity contribution < 1.29 is 19.2 Å². The minimum atomic E-state index is -0.557. The highest BCUT2D eigenvalue weighted by Crippen LogP contribution is 2.25. The number of hydrogen-bond donors (Lipinski definition) is 1. The Morgan fingerprint density at radius 3 is 2.83 bits per heavy atom. The minimum absolute atomic E-state index is 0.0735. The van der Waals surface area contributed by atoms with E-state index in [1.54, 1.807) is 6.07 Å². The first-order valence-corrected chi connectivity index (χ1v) is 5.27. The van der Waals surface area contributed by atoms with E-state index in [-0.39, 0.29) is 24.0 Å². The maximum Gasteiger partial charge on any atom is 0.310 e. The summed E-state index contributed by atoms with van der Waals surface area (Å²) in [6, 6.07) is 5.90. The zero-order chi connectivity index (χ0) is 13.4. The first-order valence-electron chi connectivity index (χ1n) is 5.27. The summed E-state index contributed by atoms with van der Waals surface area (Å²) >= 11 is 0. The van der Waals surface area contributed by atoms with Gasteiger partial charge in [0.2, 0.25) is 0 Å². The summed E-state index contributed by atoms with van der Waals surface area (Å²) in [5.41, 5.74) is -0.165. The SMILES string of the molecule is COCCNC(=O)COc1ccccc1[N+](=O)[O-]. The van der Waals surface area contributed by atoms with E-state index in [1.807, 2.05) is 0 Å². The van der Waals surface area contributed by atoms with Gasteiger partial charge in [-0.1, -0.05) is 12.1 Å². The zero-order valence-corrected chi connectivity index (χ0v) is 9.92. The molecule has 0 aliphatic carbocycles. The highest BCUT2D eigenvalue weighted by atomic mass is 16.6. The summed E-state index contributed by atoms with van der Waals surface area (Å²) < 4.78 is 9.86. The van der Waals surface area contributed by atoms with Crippen LogP contribution < -0.4 is 10.1 Å². The van der Waals surface area contributed by atoms with Gasteiger partial charge in [0.25, 0.3) is 5.91 Å². The number of benzene rings is 1. The van der Waals surface area contributed by atoms with E-state index in [4.69, 9.17) is 9.47 Å². The molecule has 98 valence electrons. The third-order valence-corrected chi connectivity index (χ3v) is 2.05. The van der Waals surface area contributed by atoms with Crippen molar-refractivity contribution in [3.8, 4) is 5.75 Å². The number of para-hydroxylation sites is 2. The van der Waals surface area contributed by atoms with E-state index >= 15 is 0 Å². The number of hydrogen-bond acceptors (Lipinski definition) is 5. The number of methoxy groups -OCH3 is 1. The highest BCUT2D eigenvalue weighted by molar-refractivity contribution is 5.77. The number of nitrogens with zero attached hydrogens (tertiary/aromatic N) is 1. The Morgan fingerprint density at radius 1 is 1.44 bits per heavy atom. The second-order valence-electron chi connectivity index (χ2n) is 3.36. The maximum atomic E-state index is 11.3. The highest BCUT2D eigenvalue weighted by Gasteiger charge is 2.14. The summed E-state index contributed by atoms with van der Waals surface area (Å²) in [4.78, 5) is 21.4. The summed E-state index contributed by atoms with van der Waals surface area (Å²) in [6.07, 6.45) is 0. The Labute approximate surface area is 104 Å². The summed E-state index contributed by atoms with van der Waals surface area (Å²) in [5.74, 6) is -0.283. The molecule has 0 bridgehead atoms. The number of carbonyl (C=O) groups excluding carboxylic acids is 1. The molecule has 7 heteroatoms. The molecule has 0 aliphatic heterocycles. The van der Waals surface area contributed by atoms with Crippen molar-refractivity contribution in [1.82, 2.24) is 5.32 Å². The first kappa shape index (κ1) is 13.9. The van der Waals surface area contributed by atoms with Crippen LogP contribution in [-0.2, 0) is 9.53 Å². The molecule has 1 amide bonds. The van der Waals surface area contributed by atoms with Crippen LogP contribution in [0.2, 0.25) is 0 Å². The van der Waals surface area contributed by atoms with Gasteiger partial charge in [-0.05, 0) is 6.07 Å². The fourth-order valence-corrected chi connectivity index (χ4v) is 1.22. The van der Waals surface area contributed by atoms with E-state index in [0.717, 1.165) is 0 Å². The Balaban J connectivity index is 2.48. The molecule has 0 aromatic heterocycles. The van der Waals surface area contributed by atoms with Crippen LogP contribution in [0.3, 0.4) is 0 Å². The summed E-state index contributed by atoms with van der Waals surface area (Å²) in [5, 5.41) is 13.2. The molecule has 0 aliphatic rings. The fraction of sp³-hybridized carbons (Fsp3) is 0.364. The molecule has 1 N–H and O–H groups in total. The van der Waals surface area contributed by atoms with E-state index in [9.17, 15) is 14.9 Å². The van der Waals surface area contributed by atoms with Crippen molar-refractivity contribution in [3.05, 3.63) is 34.4 Å². The standard InChI is InChI=1S/C11H14N2O5/c1-17-7-6-12-11(14)8-18-10-5-3-2-4-9(10)13(15)16/h2-5H,6-8H2,1H3,(H,12,14). The summed E-state index contributed by atoms with van der Waals surface area (Å²) in [6.45, 7) is 0.501. The van der Waals surface area contributed by atoms with Gasteiger partial charge >= 0.3 is 5.69 Å². The van der Waals surface area contributed by atoms with Gasteiger partial charge in [0.1, 0.15) is 0 Å². The predicted octanol–water partition coefficient (Wildman–Crippen LogP) is 0.736. The molecule has 0 saturated heterocycles. The molecule has 0 radical (unpaired) electrons. The van der Waals surface area contributed by atoms with Crippen LogP contribution in [0.5, 0.6) is 5.75 Å². The van der Waals surface area contributed by atoms with Crippen molar-refractivity contribution >= 4 is 11.6 Å². The molecule has 0 atom stereocenters. The van der Waals surface area contributed by atoms with Crippen LogP contribution >= 0.6 is 0 Å². The van der Waals surface area contributed by atoms with Crippen LogP contribution in [0.15, 0.2) is 24.3 Å². The first-order chi connectivity index (χ1) is 8.65. The second kappa shape index (κ2) is 7.23. The minimum Gasteiger partial charge on any atom is -0.477 e. The van der Waals surface area contributed by atoms with Gasteiger partial charge in [0.05, 0.1) is 11.5 Å². The van der Waals surface area contributed by atoms with Crippen LogP contribution in [0, 0.1) is 10.1 Å². The molecule has 1 aromatic rings. The Hall–Kier alpha value is -2.15. The average Bonchev–Trinajstić information content (AvgIpc) is 2.37. The average molecular weight is 254 g/mol. The molecule has 7 nitrogen and oxygen atoms in total. The molecule has 18 heavy (non-hydrogen) atoms. The molecule has 0 spiro atoms. The number of nitro groups is 1. The lowest BCUT2D eigenvalue weighted by atomic mass is 10.3.